The normalized spacial score (nSPS) is 16.4. The third-order valence-corrected chi connectivity index (χ3v) is 6.71. The van der Waals surface area contributed by atoms with Crippen molar-refractivity contribution < 1.29 is 4.74 Å². The molecule has 1 saturated heterocycles. The molecule has 29 heavy (non-hydrogen) atoms. The number of methoxy groups -OCH3 is 1. The molecule has 0 aliphatic carbocycles. The number of nitrogens with zero attached hydrogens (tertiary/aromatic N) is 1. The number of aromatic amines is 1. The summed E-state index contributed by atoms with van der Waals surface area (Å²) < 4.78 is 5.84. The number of rotatable bonds is 6. The summed E-state index contributed by atoms with van der Waals surface area (Å²) in [6.45, 7) is 5.60. The Morgan fingerprint density at radius 2 is 1.72 bits per heavy atom. The number of nitrogens with one attached hydrogen (secondary N) is 1. The van der Waals surface area contributed by atoms with E-state index >= 15 is 0 Å². The Morgan fingerprint density at radius 3 is 2.31 bits per heavy atom. The van der Waals surface area contributed by atoms with Crippen LogP contribution in [0.2, 0.25) is 0 Å². The number of aromatic nitrogens is 1. The Hall–Kier alpha value is -1.75. The fourth-order valence-electron chi connectivity index (χ4n) is 4.02. The van der Waals surface area contributed by atoms with E-state index in [1.165, 1.54) is 22.0 Å². The van der Waals surface area contributed by atoms with Gasteiger partial charge < -0.3 is 14.6 Å². The van der Waals surface area contributed by atoms with Crippen LogP contribution >= 0.6 is 11.8 Å². The first-order valence-corrected chi connectivity index (χ1v) is 11.9. The topological polar surface area (TPSA) is 28.3 Å². The van der Waals surface area contributed by atoms with Gasteiger partial charge in [0.1, 0.15) is 0 Å². The van der Waals surface area contributed by atoms with Crippen LogP contribution in [0.15, 0.2) is 60.8 Å². The van der Waals surface area contributed by atoms with Gasteiger partial charge in [0, 0.05) is 49.6 Å². The third kappa shape index (κ3) is 6.11. The highest BCUT2D eigenvalue weighted by Crippen LogP contribution is 2.29. The zero-order valence-electron chi connectivity index (χ0n) is 18.0. The van der Waals surface area contributed by atoms with E-state index in [-0.39, 0.29) is 5.60 Å². The molecule has 0 saturated carbocycles. The molecule has 1 fully saturated rings. The van der Waals surface area contributed by atoms with Crippen molar-refractivity contribution in [2.75, 3.05) is 38.8 Å². The van der Waals surface area contributed by atoms with E-state index in [0.29, 0.717) is 0 Å². The number of hydrogen-bond acceptors (Lipinski definition) is 3. The minimum atomic E-state index is 0.105. The molecule has 1 aromatic heterocycles. The van der Waals surface area contributed by atoms with Crippen molar-refractivity contribution >= 4 is 22.7 Å². The van der Waals surface area contributed by atoms with E-state index in [9.17, 15) is 0 Å². The monoisotopic (exact) mass is 410 g/mol. The third-order valence-electron chi connectivity index (χ3n) is 5.89. The summed E-state index contributed by atoms with van der Waals surface area (Å²) in [6, 6.07) is 18.7. The van der Waals surface area contributed by atoms with Crippen LogP contribution in [0.3, 0.4) is 0 Å². The molecule has 4 rings (SSSR count). The maximum Gasteiger partial charge on any atom is 0.0792 e. The molecule has 2 heterocycles. The molecular weight excluding hydrogens is 376 g/mol. The van der Waals surface area contributed by atoms with Crippen LogP contribution in [-0.2, 0) is 11.2 Å². The van der Waals surface area contributed by atoms with Crippen LogP contribution in [0.5, 0.6) is 0 Å². The van der Waals surface area contributed by atoms with Crippen LogP contribution in [0.4, 0.5) is 0 Å². The van der Waals surface area contributed by atoms with E-state index in [1.54, 1.807) is 0 Å². The molecular formula is C25H34N2OS. The SMILES string of the molecule is COC1(CSC)CCN(CCc2c[nH]c3ccc(C)cc23)CC1.c1ccccc1. The zero-order chi connectivity index (χ0) is 20.5. The molecule has 1 aliphatic rings. The van der Waals surface area contributed by atoms with Crippen molar-refractivity contribution in [2.45, 2.75) is 31.8 Å². The molecule has 0 spiro atoms. The van der Waals surface area contributed by atoms with Gasteiger partial charge in [-0.3, -0.25) is 0 Å². The van der Waals surface area contributed by atoms with E-state index in [4.69, 9.17) is 4.74 Å². The zero-order valence-corrected chi connectivity index (χ0v) is 18.8. The van der Waals surface area contributed by atoms with Gasteiger partial charge in [-0.2, -0.15) is 11.8 Å². The molecule has 4 heteroatoms. The second-order valence-electron chi connectivity index (χ2n) is 7.93. The number of benzene rings is 2. The second kappa shape index (κ2) is 10.9. The van der Waals surface area contributed by atoms with Crippen LogP contribution in [-0.4, -0.2) is 54.2 Å². The van der Waals surface area contributed by atoms with Gasteiger partial charge in [-0.05, 0) is 50.1 Å². The fourth-order valence-corrected chi connectivity index (χ4v) is 4.95. The highest BCUT2D eigenvalue weighted by molar-refractivity contribution is 7.98. The highest BCUT2D eigenvalue weighted by Gasteiger charge is 2.33. The Labute approximate surface area is 179 Å². The lowest BCUT2D eigenvalue weighted by atomic mass is 9.93. The summed E-state index contributed by atoms with van der Waals surface area (Å²) in [5.41, 5.74) is 4.13. The van der Waals surface area contributed by atoms with Gasteiger partial charge in [0.15, 0.2) is 0 Å². The minimum Gasteiger partial charge on any atom is -0.377 e. The number of ether oxygens (including phenoxy) is 1. The number of likely N-dealkylation sites (tertiary alicyclic amines) is 1. The first-order valence-electron chi connectivity index (χ1n) is 10.5. The minimum absolute atomic E-state index is 0.105. The molecule has 1 N–H and O–H groups in total. The maximum atomic E-state index is 5.84. The lowest BCUT2D eigenvalue weighted by molar-refractivity contribution is -0.0384. The number of fused-ring (bicyclic) bond motifs is 1. The summed E-state index contributed by atoms with van der Waals surface area (Å²) in [6.07, 6.45) is 7.77. The highest BCUT2D eigenvalue weighted by atomic mass is 32.2. The number of thioether (sulfide) groups is 1. The largest absolute Gasteiger partial charge is 0.377 e. The summed E-state index contributed by atoms with van der Waals surface area (Å²) >= 11 is 1.90. The average Bonchev–Trinajstić information content (AvgIpc) is 3.17. The van der Waals surface area contributed by atoms with E-state index in [2.05, 4.69) is 47.5 Å². The number of aryl methyl sites for hydroxylation is 1. The Morgan fingerprint density at radius 1 is 1.07 bits per heavy atom. The molecule has 1 aliphatic heterocycles. The number of H-pyrrole nitrogens is 1. The van der Waals surface area contributed by atoms with Gasteiger partial charge in [0.25, 0.3) is 0 Å². The van der Waals surface area contributed by atoms with Crippen LogP contribution in [0, 0.1) is 6.92 Å². The molecule has 0 atom stereocenters. The van der Waals surface area contributed by atoms with Crippen molar-refractivity contribution in [3.05, 3.63) is 71.9 Å². The Kier molecular flexibility index (Phi) is 8.22. The van der Waals surface area contributed by atoms with Crippen LogP contribution < -0.4 is 0 Å². The molecule has 3 aromatic rings. The lowest BCUT2D eigenvalue weighted by Crippen LogP contribution is -2.47. The molecule has 0 bridgehead atoms. The molecule has 0 unspecified atom stereocenters. The van der Waals surface area contributed by atoms with Crippen molar-refractivity contribution in [1.82, 2.24) is 9.88 Å². The van der Waals surface area contributed by atoms with Crippen molar-refractivity contribution in [3.63, 3.8) is 0 Å². The van der Waals surface area contributed by atoms with E-state index in [1.807, 2.05) is 55.3 Å². The standard InChI is InChI=1S/C19H28N2OS.C6H6/c1-15-4-5-18-17(12-15)16(13-20-18)6-9-21-10-7-19(22-2,8-11-21)14-23-3;1-2-4-6-5-3-1/h4-5,12-13,20H,6-11,14H2,1-3H3;1-6H. The average molecular weight is 411 g/mol. The Balaban J connectivity index is 0.000000343. The Bertz CT molecular complexity index is 827. The lowest BCUT2D eigenvalue weighted by Gasteiger charge is -2.40. The summed E-state index contributed by atoms with van der Waals surface area (Å²) in [7, 11) is 1.88. The van der Waals surface area contributed by atoms with Gasteiger partial charge >= 0.3 is 0 Å². The summed E-state index contributed by atoms with van der Waals surface area (Å²) in [4.78, 5) is 5.99. The van der Waals surface area contributed by atoms with Gasteiger partial charge in [0.05, 0.1) is 5.60 Å². The molecule has 2 aromatic carbocycles. The van der Waals surface area contributed by atoms with Gasteiger partial charge in [0.2, 0.25) is 0 Å². The second-order valence-corrected chi connectivity index (χ2v) is 8.80. The van der Waals surface area contributed by atoms with Gasteiger partial charge in [-0.25, -0.2) is 0 Å². The van der Waals surface area contributed by atoms with Gasteiger partial charge in [-0.1, -0.05) is 48.0 Å². The molecule has 3 nitrogen and oxygen atoms in total. The van der Waals surface area contributed by atoms with E-state index < -0.39 is 0 Å². The van der Waals surface area contributed by atoms with Gasteiger partial charge in [-0.15, -0.1) is 0 Å². The summed E-state index contributed by atoms with van der Waals surface area (Å²) in [5.74, 6) is 1.11. The summed E-state index contributed by atoms with van der Waals surface area (Å²) in [5, 5.41) is 1.38. The quantitative estimate of drug-likeness (QED) is 0.577. The predicted octanol–water partition coefficient (Wildman–Crippen LogP) is 5.55. The number of hydrogen-bond donors (Lipinski definition) is 1. The van der Waals surface area contributed by atoms with Crippen molar-refractivity contribution in [2.24, 2.45) is 0 Å². The molecule has 156 valence electrons. The first kappa shape index (κ1) is 21.9. The molecule has 0 amide bonds. The van der Waals surface area contributed by atoms with Crippen LogP contribution in [0.1, 0.15) is 24.0 Å². The molecule has 0 radical (unpaired) electrons. The first-order chi connectivity index (χ1) is 14.2. The van der Waals surface area contributed by atoms with Crippen LogP contribution in [0.25, 0.3) is 10.9 Å². The maximum absolute atomic E-state index is 5.84. The fraction of sp³-hybridized carbons (Fsp3) is 0.440. The predicted molar refractivity (Wildman–Crippen MR) is 127 cm³/mol. The number of piperidine rings is 1. The van der Waals surface area contributed by atoms with Crippen molar-refractivity contribution in [3.8, 4) is 0 Å². The smallest absolute Gasteiger partial charge is 0.0792 e. The van der Waals surface area contributed by atoms with Crippen molar-refractivity contribution in [1.29, 1.82) is 0 Å². The van der Waals surface area contributed by atoms with E-state index in [0.717, 1.165) is 44.6 Å².